The van der Waals surface area contributed by atoms with Crippen LogP contribution in [-0.2, 0) is 11.4 Å². The Labute approximate surface area is 178 Å². The summed E-state index contributed by atoms with van der Waals surface area (Å²) in [4.78, 5) is 12.2. The summed E-state index contributed by atoms with van der Waals surface area (Å²) >= 11 is 1.20. The van der Waals surface area contributed by atoms with E-state index in [1.807, 2.05) is 73.7 Å². The number of rotatable bonds is 8. The van der Waals surface area contributed by atoms with Gasteiger partial charge in [0.05, 0.1) is 11.8 Å². The molecule has 30 heavy (non-hydrogen) atoms. The van der Waals surface area contributed by atoms with Crippen molar-refractivity contribution in [1.82, 2.24) is 15.5 Å². The predicted octanol–water partition coefficient (Wildman–Crippen LogP) is 4.77. The van der Waals surface area contributed by atoms with Crippen LogP contribution < -0.4 is 10.1 Å². The van der Waals surface area contributed by atoms with Crippen LogP contribution in [0.5, 0.6) is 5.75 Å². The molecule has 1 heterocycles. The normalized spacial score (nSPS) is 11.9. The summed E-state index contributed by atoms with van der Waals surface area (Å²) in [7, 11) is 0. The molecule has 7 heteroatoms. The molecular formula is C23H21N3O3S. The number of fused-ring (bicyclic) bond motifs is 1. The van der Waals surface area contributed by atoms with Gasteiger partial charge in [0.25, 0.3) is 11.1 Å². The predicted molar refractivity (Wildman–Crippen MR) is 116 cm³/mol. The van der Waals surface area contributed by atoms with Gasteiger partial charge in [0.2, 0.25) is 5.91 Å². The second-order valence-electron chi connectivity index (χ2n) is 6.75. The van der Waals surface area contributed by atoms with Gasteiger partial charge in [0.1, 0.15) is 5.75 Å². The summed E-state index contributed by atoms with van der Waals surface area (Å²) in [6, 6.07) is 23.7. The molecule has 0 saturated carbocycles. The maximum atomic E-state index is 12.2. The fourth-order valence-corrected chi connectivity index (χ4v) is 3.58. The summed E-state index contributed by atoms with van der Waals surface area (Å²) in [5, 5.41) is 13.5. The molecule has 0 unspecified atom stereocenters. The van der Waals surface area contributed by atoms with E-state index in [9.17, 15) is 4.79 Å². The first-order valence-corrected chi connectivity index (χ1v) is 10.6. The van der Waals surface area contributed by atoms with Gasteiger partial charge in [0, 0.05) is 0 Å². The Morgan fingerprint density at radius 3 is 2.63 bits per heavy atom. The smallest absolute Gasteiger partial charge is 0.277 e. The van der Waals surface area contributed by atoms with Gasteiger partial charge in [-0.2, -0.15) is 0 Å². The van der Waals surface area contributed by atoms with Crippen molar-refractivity contribution >= 4 is 28.4 Å². The third kappa shape index (κ3) is 5.18. The van der Waals surface area contributed by atoms with Crippen molar-refractivity contribution in [1.29, 1.82) is 0 Å². The van der Waals surface area contributed by atoms with E-state index in [1.54, 1.807) is 0 Å². The van der Waals surface area contributed by atoms with Gasteiger partial charge in [-0.05, 0) is 35.4 Å². The van der Waals surface area contributed by atoms with Gasteiger partial charge in [-0.25, -0.2) is 0 Å². The van der Waals surface area contributed by atoms with Gasteiger partial charge in [-0.15, -0.1) is 10.2 Å². The summed E-state index contributed by atoms with van der Waals surface area (Å²) in [6.45, 7) is 2.12. The minimum atomic E-state index is -0.0940. The van der Waals surface area contributed by atoms with Crippen LogP contribution in [0, 0.1) is 0 Å². The molecule has 0 bridgehead atoms. The lowest BCUT2D eigenvalue weighted by Gasteiger charge is -2.13. The van der Waals surface area contributed by atoms with Crippen molar-refractivity contribution in [3.63, 3.8) is 0 Å². The lowest BCUT2D eigenvalue weighted by molar-refractivity contribution is -0.119. The van der Waals surface area contributed by atoms with Crippen molar-refractivity contribution in [2.75, 3.05) is 5.75 Å². The molecule has 3 aromatic carbocycles. The largest absolute Gasteiger partial charge is 0.484 e. The molecule has 4 rings (SSSR count). The van der Waals surface area contributed by atoms with Gasteiger partial charge in [0.15, 0.2) is 6.61 Å². The Hall–Kier alpha value is -3.32. The highest BCUT2D eigenvalue weighted by Crippen LogP contribution is 2.22. The SMILES string of the molecule is C[C@H](NC(=O)CSc1nnc(COc2ccc3ccccc3c2)o1)c1ccccc1. The highest BCUT2D eigenvalue weighted by Gasteiger charge is 2.13. The standard InChI is InChI=1S/C23H21N3O3S/c1-16(17-7-3-2-4-8-17)24-21(27)15-30-23-26-25-22(29-23)14-28-20-12-11-18-9-5-6-10-19(18)13-20/h2-13,16H,14-15H2,1H3,(H,24,27)/t16-/m0/s1. The van der Waals surface area contributed by atoms with E-state index in [4.69, 9.17) is 9.15 Å². The van der Waals surface area contributed by atoms with Crippen molar-refractivity contribution in [2.45, 2.75) is 24.8 Å². The molecule has 0 saturated heterocycles. The molecule has 1 aromatic heterocycles. The lowest BCUT2D eigenvalue weighted by Crippen LogP contribution is -2.28. The van der Waals surface area contributed by atoms with Gasteiger partial charge >= 0.3 is 0 Å². The summed E-state index contributed by atoms with van der Waals surface area (Å²) in [6.07, 6.45) is 0. The van der Waals surface area contributed by atoms with Gasteiger partial charge in [-0.1, -0.05) is 72.4 Å². The summed E-state index contributed by atoms with van der Waals surface area (Å²) in [5.41, 5.74) is 1.06. The third-order valence-corrected chi connectivity index (χ3v) is 5.35. The minimum Gasteiger partial charge on any atom is -0.484 e. The molecule has 1 amide bonds. The first-order chi connectivity index (χ1) is 14.7. The molecule has 0 aliphatic heterocycles. The third-order valence-electron chi connectivity index (χ3n) is 4.54. The van der Waals surface area contributed by atoms with Gasteiger partial charge in [-0.3, -0.25) is 4.79 Å². The fraction of sp³-hybridized carbons (Fsp3) is 0.174. The molecule has 1 N–H and O–H groups in total. The van der Waals surface area contributed by atoms with E-state index in [-0.39, 0.29) is 24.3 Å². The second-order valence-corrected chi connectivity index (χ2v) is 7.67. The highest BCUT2D eigenvalue weighted by molar-refractivity contribution is 7.99. The van der Waals surface area contributed by atoms with E-state index in [1.165, 1.54) is 11.8 Å². The Morgan fingerprint density at radius 1 is 1.03 bits per heavy atom. The molecule has 1 atom stereocenters. The second kappa shape index (κ2) is 9.45. The zero-order valence-electron chi connectivity index (χ0n) is 16.4. The van der Waals surface area contributed by atoms with Crippen LogP contribution in [0.15, 0.2) is 82.4 Å². The Morgan fingerprint density at radius 2 is 1.80 bits per heavy atom. The van der Waals surface area contributed by atoms with Crippen molar-refractivity contribution in [3.05, 3.63) is 84.3 Å². The Kier molecular flexibility index (Phi) is 6.29. The Balaban J connectivity index is 1.26. The van der Waals surface area contributed by atoms with Crippen LogP contribution in [0.2, 0.25) is 0 Å². The van der Waals surface area contributed by atoms with E-state index in [0.717, 1.165) is 22.1 Å². The van der Waals surface area contributed by atoms with E-state index in [2.05, 4.69) is 21.6 Å². The zero-order valence-corrected chi connectivity index (χ0v) is 17.3. The van der Waals surface area contributed by atoms with Crippen LogP contribution in [0.1, 0.15) is 24.4 Å². The molecule has 0 radical (unpaired) electrons. The molecule has 0 spiro atoms. The van der Waals surface area contributed by atoms with Crippen molar-refractivity contribution < 1.29 is 13.9 Å². The molecule has 152 valence electrons. The zero-order chi connectivity index (χ0) is 20.8. The number of hydrogen-bond acceptors (Lipinski definition) is 6. The Bertz CT molecular complexity index is 1130. The van der Waals surface area contributed by atoms with Crippen LogP contribution >= 0.6 is 11.8 Å². The number of hydrogen-bond donors (Lipinski definition) is 1. The minimum absolute atomic E-state index is 0.0621. The maximum absolute atomic E-state index is 12.2. The quantitative estimate of drug-likeness (QED) is 0.415. The average molecular weight is 420 g/mol. The number of thioether (sulfide) groups is 1. The number of benzene rings is 3. The monoisotopic (exact) mass is 419 g/mol. The molecule has 6 nitrogen and oxygen atoms in total. The number of ether oxygens (including phenoxy) is 1. The number of nitrogens with zero attached hydrogens (tertiary/aromatic N) is 2. The van der Waals surface area contributed by atoms with E-state index >= 15 is 0 Å². The first-order valence-electron chi connectivity index (χ1n) is 9.58. The molecule has 0 aliphatic carbocycles. The van der Waals surface area contributed by atoms with Crippen LogP contribution in [0.25, 0.3) is 10.8 Å². The number of aromatic nitrogens is 2. The number of amides is 1. The molecule has 0 aliphatic rings. The molecular weight excluding hydrogens is 398 g/mol. The van der Waals surface area contributed by atoms with E-state index < -0.39 is 0 Å². The molecule has 0 fully saturated rings. The topological polar surface area (TPSA) is 77.2 Å². The maximum Gasteiger partial charge on any atom is 0.277 e. The average Bonchev–Trinajstić information content (AvgIpc) is 3.24. The van der Waals surface area contributed by atoms with E-state index in [0.29, 0.717) is 11.1 Å². The summed E-state index contributed by atoms with van der Waals surface area (Å²) in [5.74, 6) is 1.20. The van der Waals surface area contributed by atoms with Crippen molar-refractivity contribution in [3.8, 4) is 5.75 Å². The number of carbonyl (C=O) groups is 1. The first kappa shape index (κ1) is 20.0. The fourth-order valence-electron chi connectivity index (χ4n) is 2.99. The van der Waals surface area contributed by atoms with Crippen LogP contribution in [-0.4, -0.2) is 21.9 Å². The van der Waals surface area contributed by atoms with Crippen LogP contribution in [0.3, 0.4) is 0 Å². The highest BCUT2D eigenvalue weighted by atomic mass is 32.2. The van der Waals surface area contributed by atoms with Gasteiger partial charge < -0.3 is 14.5 Å². The number of nitrogens with one attached hydrogen (secondary N) is 1. The lowest BCUT2D eigenvalue weighted by atomic mass is 10.1. The summed E-state index contributed by atoms with van der Waals surface area (Å²) < 4.78 is 11.3. The number of carbonyl (C=O) groups excluding carboxylic acids is 1. The molecule has 4 aromatic rings. The van der Waals surface area contributed by atoms with Crippen LogP contribution in [0.4, 0.5) is 0 Å². The van der Waals surface area contributed by atoms with Crippen molar-refractivity contribution in [2.24, 2.45) is 0 Å².